The van der Waals surface area contributed by atoms with Crippen LogP contribution in [-0.2, 0) is 9.47 Å². The summed E-state index contributed by atoms with van der Waals surface area (Å²) in [6.07, 6.45) is 3.97. The third kappa shape index (κ3) is 5.67. The molecule has 0 spiro atoms. The topological polar surface area (TPSA) is 48.0 Å². The van der Waals surface area contributed by atoms with Gasteiger partial charge in [-0.1, -0.05) is 42.5 Å². The van der Waals surface area contributed by atoms with Crippen molar-refractivity contribution in [3.05, 3.63) is 65.2 Å². The van der Waals surface area contributed by atoms with Crippen LogP contribution < -0.4 is 4.74 Å². The zero-order valence-corrected chi connectivity index (χ0v) is 15.6. The van der Waals surface area contributed by atoms with Crippen LogP contribution >= 0.6 is 0 Å². The highest BCUT2D eigenvalue weighted by atomic mass is 16.5. The van der Waals surface area contributed by atoms with Crippen molar-refractivity contribution in [1.82, 2.24) is 4.90 Å². The highest BCUT2D eigenvalue weighted by molar-refractivity contribution is 5.90. The highest BCUT2D eigenvalue weighted by Crippen LogP contribution is 2.21. The summed E-state index contributed by atoms with van der Waals surface area (Å²) in [4.78, 5) is 14.0. The number of hydrogen-bond donors (Lipinski definition) is 0. The third-order valence-electron chi connectivity index (χ3n) is 4.45. The van der Waals surface area contributed by atoms with Crippen LogP contribution in [0.15, 0.2) is 48.5 Å². The fraction of sp³-hybridized carbons (Fsp3) is 0.318. The summed E-state index contributed by atoms with van der Waals surface area (Å²) in [5.41, 5.74) is 2.47. The minimum atomic E-state index is -0.336. The molecule has 5 heteroatoms. The Hall–Kier alpha value is -2.63. The lowest BCUT2D eigenvalue weighted by molar-refractivity contribution is 0.0322. The van der Waals surface area contributed by atoms with Crippen molar-refractivity contribution in [3.8, 4) is 5.75 Å². The van der Waals surface area contributed by atoms with Crippen LogP contribution in [0.4, 0.5) is 0 Å². The number of ether oxygens (including phenoxy) is 3. The van der Waals surface area contributed by atoms with Gasteiger partial charge in [-0.2, -0.15) is 0 Å². The SMILES string of the molecule is COC(=O)c1cccc(/C=C/c2ccccc2OCCN2CCOCC2)c1. The maximum absolute atomic E-state index is 11.7. The predicted octanol–water partition coefficient (Wildman–Crippen LogP) is 3.35. The number of para-hydroxylation sites is 1. The number of esters is 1. The summed E-state index contributed by atoms with van der Waals surface area (Å²) in [6.45, 7) is 5.04. The molecule has 0 bridgehead atoms. The van der Waals surface area contributed by atoms with Gasteiger partial charge >= 0.3 is 5.97 Å². The molecule has 142 valence electrons. The van der Waals surface area contributed by atoms with Gasteiger partial charge in [-0.25, -0.2) is 4.79 Å². The van der Waals surface area contributed by atoms with E-state index in [2.05, 4.69) is 4.90 Å². The van der Waals surface area contributed by atoms with E-state index in [1.165, 1.54) is 7.11 Å². The molecule has 0 aromatic heterocycles. The number of morpholine rings is 1. The largest absolute Gasteiger partial charge is 0.492 e. The number of carbonyl (C=O) groups excluding carboxylic acids is 1. The number of carbonyl (C=O) groups is 1. The van der Waals surface area contributed by atoms with E-state index in [-0.39, 0.29) is 5.97 Å². The van der Waals surface area contributed by atoms with E-state index in [9.17, 15) is 4.79 Å². The van der Waals surface area contributed by atoms with Crippen molar-refractivity contribution in [2.75, 3.05) is 46.6 Å². The van der Waals surface area contributed by atoms with Gasteiger partial charge in [0.1, 0.15) is 12.4 Å². The van der Waals surface area contributed by atoms with Crippen molar-refractivity contribution >= 4 is 18.1 Å². The number of methoxy groups -OCH3 is 1. The summed E-state index contributed by atoms with van der Waals surface area (Å²) in [6, 6.07) is 15.3. The van der Waals surface area contributed by atoms with Gasteiger partial charge in [0, 0.05) is 25.2 Å². The minimum Gasteiger partial charge on any atom is -0.492 e. The van der Waals surface area contributed by atoms with Crippen LogP contribution in [0.2, 0.25) is 0 Å². The highest BCUT2D eigenvalue weighted by Gasteiger charge is 2.10. The molecule has 5 nitrogen and oxygen atoms in total. The fourth-order valence-corrected chi connectivity index (χ4v) is 2.93. The Morgan fingerprint density at radius 3 is 2.74 bits per heavy atom. The quantitative estimate of drug-likeness (QED) is 0.555. The van der Waals surface area contributed by atoms with Crippen LogP contribution in [0.5, 0.6) is 5.75 Å². The summed E-state index contributed by atoms with van der Waals surface area (Å²) < 4.78 is 16.1. The maximum Gasteiger partial charge on any atom is 0.337 e. The molecule has 3 rings (SSSR count). The van der Waals surface area contributed by atoms with Gasteiger partial charge in [0.15, 0.2) is 0 Å². The number of rotatable bonds is 7. The maximum atomic E-state index is 11.7. The van der Waals surface area contributed by atoms with Gasteiger partial charge in [0.25, 0.3) is 0 Å². The average Bonchev–Trinajstić information content (AvgIpc) is 2.73. The predicted molar refractivity (Wildman–Crippen MR) is 106 cm³/mol. The van der Waals surface area contributed by atoms with E-state index >= 15 is 0 Å². The molecular formula is C22H25NO4. The van der Waals surface area contributed by atoms with Gasteiger partial charge in [-0.3, -0.25) is 4.90 Å². The summed E-state index contributed by atoms with van der Waals surface area (Å²) in [5, 5.41) is 0. The van der Waals surface area contributed by atoms with E-state index in [0.29, 0.717) is 12.2 Å². The first-order chi connectivity index (χ1) is 13.3. The van der Waals surface area contributed by atoms with Crippen molar-refractivity contribution in [3.63, 3.8) is 0 Å². The zero-order valence-electron chi connectivity index (χ0n) is 15.6. The molecule has 1 fully saturated rings. The standard InChI is InChI=1S/C22H25NO4/c1-25-22(24)20-7-4-5-18(17-20)9-10-19-6-2-3-8-21(19)27-16-13-23-11-14-26-15-12-23/h2-10,17H,11-16H2,1H3/b10-9+. The minimum absolute atomic E-state index is 0.336. The van der Waals surface area contributed by atoms with Crippen LogP contribution in [0.3, 0.4) is 0 Å². The van der Waals surface area contributed by atoms with E-state index in [1.54, 1.807) is 6.07 Å². The number of nitrogens with zero attached hydrogens (tertiary/aromatic N) is 1. The summed E-state index contributed by atoms with van der Waals surface area (Å²) >= 11 is 0. The molecule has 0 radical (unpaired) electrons. The lowest BCUT2D eigenvalue weighted by atomic mass is 10.1. The first kappa shape index (κ1) is 19.1. The van der Waals surface area contributed by atoms with Gasteiger partial charge in [0.05, 0.1) is 25.9 Å². The Kier molecular flexibility index (Phi) is 7.02. The Morgan fingerprint density at radius 1 is 1.11 bits per heavy atom. The summed E-state index contributed by atoms with van der Waals surface area (Å²) in [5.74, 6) is 0.517. The fourth-order valence-electron chi connectivity index (χ4n) is 2.93. The molecule has 0 aliphatic carbocycles. The van der Waals surface area contributed by atoms with Crippen molar-refractivity contribution in [2.45, 2.75) is 0 Å². The second-order valence-corrected chi connectivity index (χ2v) is 6.29. The molecule has 0 unspecified atom stereocenters. The van der Waals surface area contributed by atoms with Crippen molar-refractivity contribution in [2.24, 2.45) is 0 Å². The normalized spacial score (nSPS) is 15.0. The van der Waals surface area contributed by atoms with E-state index in [0.717, 1.165) is 49.7 Å². The van der Waals surface area contributed by atoms with Crippen LogP contribution in [0.1, 0.15) is 21.5 Å². The molecule has 27 heavy (non-hydrogen) atoms. The monoisotopic (exact) mass is 367 g/mol. The molecule has 0 amide bonds. The van der Waals surface area contributed by atoms with Gasteiger partial charge < -0.3 is 14.2 Å². The summed E-state index contributed by atoms with van der Waals surface area (Å²) in [7, 11) is 1.38. The first-order valence-electron chi connectivity index (χ1n) is 9.14. The van der Waals surface area contributed by atoms with Gasteiger partial charge in [-0.15, -0.1) is 0 Å². The van der Waals surface area contributed by atoms with Gasteiger partial charge in [0.2, 0.25) is 0 Å². The third-order valence-corrected chi connectivity index (χ3v) is 4.45. The van der Waals surface area contributed by atoms with Crippen LogP contribution in [-0.4, -0.2) is 57.4 Å². The van der Waals surface area contributed by atoms with E-state index < -0.39 is 0 Å². The van der Waals surface area contributed by atoms with Crippen molar-refractivity contribution in [1.29, 1.82) is 0 Å². The second-order valence-electron chi connectivity index (χ2n) is 6.29. The molecule has 2 aromatic carbocycles. The Balaban J connectivity index is 1.63. The molecule has 0 atom stereocenters. The number of hydrogen-bond acceptors (Lipinski definition) is 5. The Morgan fingerprint density at radius 2 is 1.93 bits per heavy atom. The smallest absolute Gasteiger partial charge is 0.337 e. The molecule has 1 aliphatic rings. The molecule has 1 heterocycles. The van der Waals surface area contributed by atoms with Gasteiger partial charge in [-0.05, 0) is 23.8 Å². The number of benzene rings is 2. The van der Waals surface area contributed by atoms with E-state index in [4.69, 9.17) is 14.2 Å². The Bertz CT molecular complexity index is 781. The zero-order chi connectivity index (χ0) is 18.9. The van der Waals surface area contributed by atoms with E-state index in [1.807, 2.05) is 54.6 Å². The lowest BCUT2D eigenvalue weighted by Crippen LogP contribution is -2.38. The average molecular weight is 367 g/mol. The first-order valence-corrected chi connectivity index (χ1v) is 9.14. The Labute approximate surface area is 160 Å². The molecule has 2 aromatic rings. The molecule has 1 aliphatic heterocycles. The molecule has 1 saturated heterocycles. The molecular weight excluding hydrogens is 342 g/mol. The van der Waals surface area contributed by atoms with Crippen LogP contribution in [0, 0.1) is 0 Å². The van der Waals surface area contributed by atoms with Crippen molar-refractivity contribution < 1.29 is 19.0 Å². The molecule has 0 saturated carbocycles. The van der Waals surface area contributed by atoms with Crippen LogP contribution in [0.25, 0.3) is 12.2 Å². The lowest BCUT2D eigenvalue weighted by Gasteiger charge is -2.26. The molecule has 0 N–H and O–H groups in total. The second kappa shape index (κ2) is 9.90.